The van der Waals surface area contributed by atoms with E-state index in [0.29, 0.717) is 12.1 Å². The summed E-state index contributed by atoms with van der Waals surface area (Å²) in [5, 5.41) is 13.8. The molecule has 3 N–H and O–H groups in total. The van der Waals surface area contributed by atoms with E-state index < -0.39 is 12.0 Å². The van der Waals surface area contributed by atoms with Gasteiger partial charge in [0.15, 0.2) is 0 Å². The fourth-order valence-electron chi connectivity index (χ4n) is 1.50. The van der Waals surface area contributed by atoms with Crippen LogP contribution in [0, 0.1) is 6.92 Å². The standard InChI is InChI=1S/C13H15BrN2O4S/c1-8-4-9(14)2-3-10(8)16-12(18)6-21-5-11(13(19)20)15-7-17/h2-4,7,11H,5-6H2,1H3,(H,15,17)(H,16,18)(H,19,20). The first-order valence-corrected chi connectivity index (χ1v) is 7.95. The second-order valence-corrected chi connectivity index (χ2v) is 6.14. The van der Waals surface area contributed by atoms with Crippen molar-refractivity contribution in [2.45, 2.75) is 13.0 Å². The molecule has 0 saturated heterocycles. The van der Waals surface area contributed by atoms with E-state index in [0.717, 1.165) is 21.8 Å². The molecule has 8 heteroatoms. The third-order valence-electron chi connectivity index (χ3n) is 2.55. The Kier molecular flexibility index (Phi) is 7.24. The molecule has 114 valence electrons. The number of carbonyl (C=O) groups is 3. The normalized spacial score (nSPS) is 11.5. The summed E-state index contributed by atoms with van der Waals surface area (Å²) in [6.45, 7) is 1.88. The van der Waals surface area contributed by atoms with Gasteiger partial charge in [0, 0.05) is 15.9 Å². The highest BCUT2D eigenvalue weighted by Gasteiger charge is 2.16. The summed E-state index contributed by atoms with van der Waals surface area (Å²) in [5.74, 6) is -1.11. The molecule has 1 atom stereocenters. The number of halogens is 1. The monoisotopic (exact) mass is 374 g/mol. The zero-order valence-electron chi connectivity index (χ0n) is 11.3. The van der Waals surface area contributed by atoms with Crippen LogP contribution < -0.4 is 10.6 Å². The predicted molar refractivity (Wildman–Crippen MR) is 85.5 cm³/mol. The van der Waals surface area contributed by atoms with E-state index in [-0.39, 0.29) is 17.4 Å². The summed E-state index contributed by atoms with van der Waals surface area (Å²) in [5.41, 5.74) is 1.64. The van der Waals surface area contributed by atoms with Gasteiger partial charge in [-0.3, -0.25) is 9.59 Å². The van der Waals surface area contributed by atoms with E-state index in [1.165, 1.54) is 0 Å². The summed E-state index contributed by atoms with van der Waals surface area (Å²) >= 11 is 4.48. The van der Waals surface area contributed by atoms with Crippen LogP contribution in [0.1, 0.15) is 5.56 Å². The molecule has 0 aliphatic carbocycles. The number of anilines is 1. The largest absolute Gasteiger partial charge is 0.480 e. The first-order chi connectivity index (χ1) is 9.93. The Bertz CT molecular complexity index is 539. The molecule has 0 spiro atoms. The topological polar surface area (TPSA) is 95.5 Å². The molecule has 0 saturated carbocycles. The number of carbonyl (C=O) groups excluding carboxylic acids is 2. The van der Waals surface area contributed by atoms with Crippen LogP contribution in [0.5, 0.6) is 0 Å². The predicted octanol–water partition coefficient (Wildman–Crippen LogP) is 1.63. The van der Waals surface area contributed by atoms with Crippen molar-refractivity contribution in [3.05, 3.63) is 28.2 Å². The van der Waals surface area contributed by atoms with Crippen molar-refractivity contribution >= 4 is 51.7 Å². The highest BCUT2D eigenvalue weighted by molar-refractivity contribution is 9.10. The zero-order valence-corrected chi connectivity index (χ0v) is 13.7. The quantitative estimate of drug-likeness (QED) is 0.601. The highest BCUT2D eigenvalue weighted by Crippen LogP contribution is 2.20. The van der Waals surface area contributed by atoms with Crippen molar-refractivity contribution in [3.63, 3.8) is 0 Å². The van der Waals surface area contributed by atoms with Crippen LogP contribution in [0.4, 0.5) is 5.69 Å². The summed E-state index contributed by atoms with van der Waals surface area (Å²) in [7, 11) is 0. The number of benzene rings is 1. The van der Waals surface area contributed by atoms with Crippen LogP contribution in [0.3, 0.4) is 0 Å². The van der Waals surface area contributed by atoms with Crippen LogP contribution in [0.25, 0.3) is 0 Å². The summed E-state index contributed by atoms with van der Waals surface area (Å²) in [4.78, 5) is 32.8. The number of carboxylic acid groups (broad SMARTS) is 1. The van der Waals surface area contributed by atoms with Gasteiger partial charge in [-0.2, -0.15) is 0 Å². The van der Waals surface area contributed by atoms with E-state index in [9.17, 15) is 14.4 Å². The Hall–Kier alpha value is -1.54. The van der Waals surface area contributed by atoms with Crippen LogP contribution >= 0.6 is 27.7 Å². The van der Waals surface area contributed by atoms with E-state index in [2.05, 4.69) is 26.6 Å². The Balaban J connectivity index is 2.43. The third kappa shape index (κ3) is 6.17. The van der Waals surface area contributed by atoms with E-state index in [1.807, 2.05) is 19.1 Å². The Morgan fingerprint density at radius 1 is 1.48 bits per heavy atom. The average Bonchev–Trinajstić information content (AvgIpc) is 2.41. The Morgan fingerprint density at radius 3 is 2.76 bits per heavy atom. The minimum absolute atomic E-state index is 0.111. The number of hydrogen-bond acceptors (Lipinski definition) is 4. The average molecular weight is 375 g/mol. The van der Waals surface area contributed by atoms with Gasteiger partial charge in [0.05, 0.1) is 5.75 Å². The molecular formula is C13H15BrN2O4S. The molecule has 1 aromatic rings. The molecule has 0 aromatic heterocycles. The van der Waals surface area contributed by atoms with Crippen LogP contribution in [0.2, 0.25) is 0 Å². The van der Waals surface area contributed by atoms with Gasteiger partial charge in [-0.1, -0.05) is 15.9 Å². The molecule has 0 radical (unpaired) electrons. The number of nitrogens with one attached hydrogen (secondary N) is 2. The zero-order chi connectivity index (χ0) is 15.8. The molecule has 21 heavy (non-hydrogen) atoms. The van der Waals surface area contributed by atoms with Crippen molar-refractivity contribution in [2.24, 2.45) is 0 Å². The molecular weight excluding hydrogens is 360 g/mol. The maximum Gasteiger partial charge on any atom is 0.327 e. The maximum absolute atomic E-state index is 11.8. The summed E-state index contributed by atoms with van der Waals surface area (Å²) < 4.78 is 0.927. The van der Waals surface area contributed by atoms with Crippen molar-refractivity contribution in [1.29, 1.82) is 0 Å². The van der Waals surface area contributed by atoms with E-state index in [4.69, 9.17) is 5.11 Å². The number of aryl methyl sites for hydroxylation is 1. The molecule has 0 heterocycles. The van der Waals surface area contributed by atoms with Gasteiger partial charge in [0.1, 0.15) is 6.04 Å². The van der Waals surface area contributed by atoms with Gasteiger partial charge in [0.2, 0.25) is 12.3 Å². The lowest BCUT2D eigenvalue weighted by atomic mass is 10.2. The molecule has 1 unspecified atom stereocenters. The Labute approximate surface area is 134 Å². The second-order valence-electron chi connectivity index (χ2n) is 4.20. The van der Waals surface area contributed by atoms with Gasteiger partial charge in [-0.05, 0) is 30.7 Å². The first-order valence-electron chi connectivity index (χ1n) is 6.00. The SMILES string of the molecule is Cc1cc(Br)ccc1NC(=O)CSCC(NC=O)C(=O)O. The van der Waals surface area contributed by atoms with Crippen LogP contribution in [0.15, 0.2) is 22.7 Å². The van der Waals surface area contributed by atoms with E-state index in [1.54, 1.807) is 6.07 Å². The molecule has 0 fully saturated rings. The Morgan fingerprint density at radius 2 is 2.19 bits per heavy atom. The number of thioether (sulfide) groups is 1. The van der Waals surface area contributed by atoms with Gasteiger partial charge in [0.25, 0.3) is 0 Å². The lowest BCUT2D eigenvalue weighted by molar-refractivity contribution is -0.139. The summed E-state index contributed by atoms with van der Waals surface area (Å²) in [6, 6.07) is 4.51. The summed E-state index contributed by atoms with van der Waals surface area (Å²) in [6.07, 6.45) is 0.338. The third-order valence-corrected chi connectivity index (χ3v) is 4.08. The van der Waals surface area contributed by atoms with Gasteiger partial charge in [-0.15, -0.1) is 11.8 Å². The molecule has 0 aliphatic rings. The van der Waals surface area contributed by atoms with E-state index >= 15 is 0 Å². The molecule has 6 nitrogen and oxygen atoms in total. The number of hydrogen-bond donors (Lipinski definition) is 3. The first kappa shape index (κ1) is 17.5. The number of aliphatic carboxylic acids is 1. The lowest BCUT2D eigenvalue weighted by Crippen LogP contribution is -2.38. The minimum atomic E-state index is -1.13. The fourth-order valence-corrected chi connectivity index (χ4v) is 2.82. The molecule has 2 amide bonds. The van der Waals surface area contributed by atoms with Crippen LogP contribution in [-0.4, -0.2) is 40.9 Å². The number of carboxylic acids is 1. The fraction of sp³-hybridized carbons (Fsp3) is 0.308. The number of amides is 2. The maximum atomic E-state index is 11.8. The van der Waals surface area contributed by atoms with Crippen molar-refractivity contribution < 1.29 is 19.5 Å². The second kappa shape index (κ2) is 8.68. The molecule has 1 aromatic carbocycles. The molecule has 0 aliphatic heterocycles. The van der Waals surface area contributed by atoms with Crippen molar-refractivity contribution in [2.75, 3.05) is 16.8 Å². The van der Waals surface area contributed by atoms with Gasteiger partial charge >= 0.3 is 5.97 Å². The molecule has 1 rings (SSSR count). The van der Waals surface area contributed by atoms with Gasteiger partial charge < -0.3 is 15.7 Å². The number of rotatable bonds is 8. The highest BCUT2D eigenvalue weighted by atomic mass is 79.9. The smallest absolute Gasteiger partial charge is 0.327 e. The van der Waals surface area contributed by atoms with Crippen molar-refractivity contribution in [1.82, 2.24) is 5.32 Å². The van der Waals surface area contributed by atoms with Crippen LogP contribution in [-0.2, 0) is 14.4 Å². The van der Waals surface area contributed by atoms with Crippen molar-refractivity contribution in [3.8, 4) is 0 Å². The minimum Gasteiger partial charge on any atom is -0.480 e. The lowest BCUT2D eigenvalue weighted by Gasteiger charge is -2.11. The van der Waals surface area contributed by atoms with Gasteiger partial charge in [-0.25, -0.2) is 4.79 Å². The molecule has 0 bridgehead atoms.